The van der Waals surface area contributed by atoms with Crippen molar-refractivity contribution in [1.82, 2.24) is 9.62 Å². The van der Waals surface area contributed by atoms with E-state index in [0.717, 1.165) is 0 Å². The molecule has 3 N–H and O–H groups in total. The number of sulfonamides is 1. The Hall–Kier alpha value is -1.19. The fourth-order valence-corrected chi connectivity index (χ4v) is 3.19. The number of carbonyl (C=O) groups excluding carboxylic acids is 1. The maximum Gasteiger partial charge on any atom is 0.328 e. The van der Waals surface area contributed by atoms with Gasteiger partial charge in [-0.25, -0.2) is 17.5 Å². The standard InChI is InChI=1S/C11H20N2O6S/c1-2-20(18,19)13-5-3-8(4-6-13)10(15)12-9(7-14)11(16)17/h8-9,14H,2-7H2,1H3,(H,12,15)(H,16,17)/t9-/m0/s1. The van der Waals surface area contributed by atoms with Gasteiger partial charge in [-0.1, -0.05) is 0 Å². The van der Waals surface area contributed by atoms with Crippen LogP contribution >= 0.6 is 0 Å². The van der Waals surface area contributed by atoms with Crippen molar-refractivity contribution in [3.05, 3.63) is 0 Å². The van der Waals surface area contributed by atoms with Crippen molar-refractivity contribution in [2.24, 2.45) is 5.92 Å². The van der Waals surface area contributed by atoms with Crippen LogP contribution < -0.4 is 5.32 Å². The molecule has 1 aliphatic rings. The minimum atomic E-state index is -3.24. The van der Waals surface area contributed by atoms with Gasteiger partial charge >= 0.3 is 5.97 Å². The van der Waals surface area contributed by atoms with Gasteiger partial charge in [0.2, 0.25) is 15.9 Å². The number of piperidine rings is 1. The number of amides is 1. The minimum Gasteiger partial charge on any atom is -0.480 e. The predicted molar refractivity (Wildman–Crippen MR) is 70.4 cm³/mol. The molecule has 116 valence electrons. The lowest BCUT2D eigenvalue weighted by atomic mass is 9.97. The Labute approximate surface area is 117 Å². The topological polar surface area (TPSA) is 124 Å². The number of aliphatic hydroxyl groups excluding tert-OH is 1. The van der Waals surface area contributed by atoms with Gasteiger partial charge in [0.05, 0.1) is 12.4 Å². The summed E-state index contributed by atoms with van der Waals surface area (Å²) in [6, 6.07) is -1.32. The summed E-state index contributed by atoms with van der Waals surface area (Å²) in [6.45, 7) is 1.40. The smallest absolute Gasteiger partial charge is 0.328 e. The molecule has 1 atom stereocenters. The molecule has 1 saturated heterocycles. The highest BCUT2D eigenvalue weighted by Crippen LogP contribution is 2.20. The lowest BCUT2D eigenvalue weighted by molar-refractivity contribution is -0.143. The third-order valence-electron chi connectivity index (χ3n) is 3.38. The highest BCUT2D eigenvalue weighted by Gasteiger charge is 2.31. The summed E-state index contributed by atoms with van der Waals surface area (Å²) in [5.74, 6) is -2.16. The van der Waals surface area contributed by atoms with E-state index in [1.165, 1.54) is 4.31 Å². The Morgan fingerprint density at radius 1 is 1.35 bits per heavy atom. The lowest BCUT2D eigenvalue weighted by Gasteiger charge is -2.30. The van der Waals surface area contributed by atoms with E-state index in [2.05, 4.69) is 5.32 Å². The van der Waals surface area contributed by atoms with Crippen molar-refractivity contribution in [2.45, 2.75) is 25.8 Å². The number of aliphatic carboxylic acids is 1. The monoisotopic (exact) mass is 308 g/mol. The Balaban J connectivity index is 2.53. The van der Waals surface area contributed by atoms with Crippen LogP contribution in [-0.4, -0.2) is 66.3 Å². The maximum absolute atomic E-state index is 11.8. The average Bonchev–Trinajstić information content (AvgIpc) is 2.44. The Morgan fingerprint density at radius 3 is 2.30 bits per heavy atom. The summed E-state index contributed by atoms with van der Waals surface area (Å²) in [4.78, 5) is 22.6. The SMILES string of the molecule is CCS(=O)(=O)N1CCC(C(=O)N[C@@H](CO)C(=O)O)CC1. The molecule has 0 aromatic heterocycles. The molecule has 0 aliphatic carbocycles. The molecular formula is C11H20N2O6S. The second-order valence-electron chi connectivity index (χ2n) is 4.66. The van der Waals surface area contributed by atoms with E-state index in [-0.39, 0.29) is 18.8 Å². The summed E-state index contributed by atoms with van der Waals surface area (Å²) in [7, 11) is -3.24. The number of nitrogens with zero attached hydrogens (tertiary/aromatic N) is 1. The zero-order chi connectivity index (χ0) is 15.3. The summed E-state index contributed by atoms with van der Waals surface area (Å²) in [5, 5.41) is 19.8. The van der Waals surface area contributed by atoms with Gasteiger partial charge in [0.15, 0.2) is 0 Å². The third-order valence-corrected chi connectivity index (χ3v) is 5.26. The second kappa shape index (κ2) is 7.00. The van der Waals surface area contributed by atoms with Gasteiger partial charge in [-0.05, 0) is 19.8 Å². The van der Waals surface area contributed by atoms with E-state index < -0.39 is 40.5 Å². The van der Waals surface area contributed by atoms with E-state index in [4.69, 9.17) is 10.2 Å². The molecule has 1 heterocycles. The highest BCUT2D eigenvalue weighted by molar-refractivity contribution is 7.89. The fraction of sp³-hybridized carbons (Fsp3) is 0.818. The summed E-state index contributed by atoms with van der Waals surface area (Å²) >= 11 is 0. The quantitative estimate of drug-likeness (QED) is 0.555. The predicted octanol–water partition coefficient (Wildman–Crippen LogP) is -1.39. The maximum atomic E-state index is 11.8. The average molecular weight is 308 g/mol. The Kier molecular flexibility index (Phi) is 5.90. The molecule has 0 radical (unpaired) electrons. The molecule has 8 nitrogen and oxygen atoms in total. The van der Waals surface area contributed by atoms with E-state index in [1.54, 1.807) is 6.92 Å². The molecule has 1 fully saturated rings. The molecule has 0 saturated carbocycles. The van der Waals surface area contributed by atoms with Gasteiger partial charge in [0, 0.05) is 19.0 Å². The first-order valence-corrected chi connectivity index (χ1v) is 8.04. The zero-order valence-corrected chi connectivity index (χ0v) is 12.1. The van der Waals surface area contributed by atoms with Crippen LogP contribution in [-0.2, 0) is 19.6 Å². The number of carboxylic acids is 1. The van der Waals surface area contributed by atoms with Crippen LogP contribution in [0, 0.1) is 5.92 Å². The molecule has 1 rings (SSSR count). The van der Waals surface area contributed by atoms with Gasteiger partial charge in [0.25, 0.3) is 0 Å². The molecule has 0 unspecified atom stereocenters. The van der Waals surface area contributed by atoms with Gasteiger partial charge in [-0.2, -0.15) is 0 Å². The molecule has 0 bridgehead atoms. The van der Waals surface area contributed by atoms with Gasteiger partial charge in [-0.3, -0.25) is 4.79 Å². The lowest BCUT2D eigenvalue weighted by Crippen LogP contribution is -2.48. The van der Waals surface area contributed by atoms with Crippen molar-refractivity contribution in [2.75, 3.05) is 25.4 Å². The van der Waals surface area contributed by atoms with Crippen molar-refractivity contribution in [1.29, 1.82) is 0 Å². The number of carbonyl (C=O) groups is 2. The summed E-state index contributed by atoms with van der Waals surface area (Å²) < 4.78 is 24.7. The van der Waals surface area contributed by atoms with Gasteiger partial charge in [0.1, 0.15) is 6.04 Å². The van der Waals surface area contributed by atoms with E-state index >= 15 is 0 Å². The van der Waals surface area contributed by atoms with Crippen molar-refractivity contribution >= 4 is 21.9 Å². The van der Waals surface area contributed by atoms with Crippen LogP contribution in [0.25, 0.3) is 0 Å². The van der Waals surface area contributed by atoms with E-state index in [9.17, 15) is 18.0 Å². The molecular weight excluding hydrogens is 288 g/mol. The van der Waals surface area contributed by atoms with Crippen LogP contribution in [0.2, 0.25) is 0 Å². The zero-order valence-electron chi connectivity index (χ0n) is 11.3. The Bertz CT molecular complexity index is 456. The number of rotatable bonds is 6. The van der Waals surface area contributed by atoms with Crippen molar-refractivity contribution in [3.63, 3.8) is 0 Å². The van der Waals surface area contributed by atoms with Crippen LogP contribution in [0.3, 0.4) is 0 Å². The van der Waals surface area contributed by atoms with Gasteiger partial charge < -0.3 is 15.5 Å². The first-order valence-electron chi connectivity index (χ1n) is 6.43. The van der Waals surface area contributed by atoms with Gasteiger partial charge in [-0.15, -0.1) is 0 Å². The fourth-order valence-electron chi connectivity index (χ4n) is 2.05. The number of carboxylic acid groups (broad SMARTS) is 1. The normalized spacial score (nSPS) is 19.5. The molecule has 9 heteroatoms. The largest absolute Gasteiger partial charge is 0.480 e. The highest BCUT2D eigenvalue weighted by atomic mass is 32.2. The van der Waals surface area contributed by atoms with Crippen molar-refractivity contribution < 1.29 is 28.2 Å². The molecule has 0 aromatic rings. The number of nitrogens with one attached hydrogen (secondary N) is 1. The van der Waals surface area contributed by atoms with Crippen LogP contribution in [0.1, 0.15) is 19.8 Å². The van der Waals surface area contributed by atoms with Crippen LogP contribution in [0.4, 0.5) is 0 Å². The Morgan fingerprint density at radius 2 is 1.90 bits per heavy atom. The molecule has 1 amide bonds. The van der Waals surface area contributed by atoms with Crippen LogP contribution in [0.5, 0.6) is 0 Å². The molecule has 20 heavy (non-hydrogen) atoms. The van der Waals surface area contributed by atoms with E-state index in [1.807, 2.05) is 0 Å². The molecule has 0 spiro atoms. The van der Waals surface area contributed by atoms with Crippen LogP contribution in [0.15, 0.2) is 0 Å². The molecule has 1 aliphatic heterocycles. The summed E-state index contributed by atoms with van der Waals surface area (Å²) in [6.07, 6.45) is 0.700. The molecule has 0 aromatic carbocycles. The second-order valence-corrected chi connectivity index (χ2v) is 6.91. The van der Waals surface area contributed by atoms with Crippen molar-refractivity contribution in [3.8, 4) is 0 Å². The number of hydrogen-bond donors (Lipinski definition) is 3. The third kappa shape index (κ3) is 4.15. The number of aliphatic hydroxyl groups is 1. The first-order chi connectivity index (χ1) is 9.31. The summed E-state index contributed by atoms with van der Waals surface area (Å²) in [5.41, 5.74) is 0. The first kappa shape index (κ1) is 16.9. The van der Waals surface area contributed by atoms with E-state index in [0.29, 0.717) is 12.8 Å². The minimum absolute atomic E-state index is 0.0233. The number of hydrogen-bond acceptors (Lipinski definition) is 5.